The van der Waals surface area contributed by atoms with Crippen molar-refractivity contribution in [3.63, 3.8) is 0 Å². The summed E-state index contributed by atoms with van der Waals surface area (Å²) in [5.74, 6) is 0.0173. The lowest BCUT2D eigenvalue weighted by molar-refractivity contribution is 0.391. The predicted molar refractivity (Wildman–Crippen MR) is 62.3 cm³/mol. The third-order valence-corrected chi connectivity index (χ3v) is 3.78. The molecule has 1 aromatic heterocycles. The van der Waals surface area contributed by atoms with Gasteiger partial charge in [0.2, 0.25) is 0 Å². The summed E-state index contributed by atoms with van der Waals surface area (Å²) in [5, 5.41) is 9.17. The third-order valence-electron chi connectivity index (χ3n) is 3.78. The summed E-state index contributed by atoms with van der Waals surface area (Å²) in [6, 6.07) is 5.19. The van der Waals surface area contributed by atoms with Gasteiger partial charge in [-0.15, -0.1) is 0 Å². The Morgan fingerprint density at radius 2 is 2.31 bits per heavy atom. The van der Waals surface area contributed by atoms with E-state index >= 15 is 0 Å². The molecule has 1 aliphatic heterocycles. The molecule has 0 amide bonds. The fourth-order valence-electron chi connectivity index (χ4n) is 2.62. The molecule has 0 bridgehead atoms. The van der Waals surface area contributed by atoms with Gasteiger partial charge in [-0.25, -0.2) is 0 Å². The van der Waals surface area contributed by atoms with E-state index in [0.29, 0.717) is 6.04 Å². The standard InChI is InChI=1S/C13H15N3/c1-9-5-13-12(7-15-9)10(6-14)8-16(13)11-3-2-4-11/h5,7,10-11H,2-4,8H2,1H3. The zero-order chi connectivity index (χ0) is 11.1. The summed E-state index contributed by atoms with van der Waals surface area (Å²) < 4.78 is 0. The summed E-state index contributed by atoms with van der Waals surface area (Å²) in [7, 11) is 0. The Hall–Kier alpha value is -1.56. The number of nitriles is 1. The van der Waals surface area contributed by atoms with Crippen LogP contribution in [-0.2, 0) is 0 Å². The lowest BCUT2D eigenvalue weighted by atomic mass is 9.91. The smallest absolute Gasteiger partial charge is 0.0922 e. The van der Waals surface area contributed by atoms with E-state index in [0.717, 1.165) is 17.8 Å². The van der Waals surface area contributed by atoms with Crippen LogP contribution in [-0.4, -0.2) is 17.6 Å². The van der Waals surface area contributed by atoms with Crippen molar-refractivity contribution in [3.05, 3.63) is 23.5 Å². The average Bonchev–Trinajstić information content (AvgIpc) is 2.54. The maximum atomic E-state index is 9.17. The van der Waals surface area contributed by atoms with Crippen LogP contribution in [0.5, 0.6) is 0 Å². The van der Waals surface area contributed by atoms with Gasteiger partial charge in [0, 0.05) is 35.7 Å². The van der Waals surface area contributed by atoms with Gasteiger partial charge < -0.3 is 4.90 Å². The highest BCUT2D eigenvalue weighted by Crippen LogP contribution is 2.40. The number of fused-ring (bicyclic) bond motifs is 1. The molecule has 3 rings (SSSR count). The maximum absolute atomic E-state index is 9.17. The van der Waals surface area contributed by atoms with Crippen molar-refractivity contribution in [3.8, 4) is 6.07 Å². The number of hydrogen-bond acceptors (Lipinski definition) is 3. The SMILES string of the molecule is Cc1cc2c(cn1)C(C#N)CN2C1CCC1. The largest absolute Gasteiger partial charge is 0.367 e. The molecule has 0 N–H and O–H groups in total. The number of aromatic nitrogens is 1. The molecule has 1 aliphatic carbocycles. The zero-order valence-electron chi connectivity index (χ0n) is 9.48. The molecular weight excluding hydrogens is 198 g/mol. The first-order valence-corrected chi connectivity index (χ1v) is 5.92. The summed E-state index contributed by atoms with van der Waals surface area (Å²) in [4.78, 5) is 6.73. The maximum Gasteiger partial charge on any atom is 0.0922 e. The Balaban J connectivity index is 2.01. The topological polar surface area (TPSA) is 39.9 Å². The number of hydrogen-bond donors (Lipinski definition) is 0. The second-order valence-corrected chi connectivity index (χ2v) is 4.80. The van der Waals surface area contributed by atoms with Gasteiger partial charge in [0.05, 0.1) is 12.0 Å². The number of aryl methyl sites for hydroxylation is 1. The van der Waals surface area contributed by atoms with E-state index < -0.39 is 0 Å². The van der Waals surface area contributed by atoms with E-state index in [9.17, 15) is 0 Å². The van der Waals surface area contributed by atoms with Crippen LogP contribution in [0.2, 0.25) is 0 Å². The predicted octanol–water partition coefficient (Wildman–Crippen LogP) is 2.37. The molecule has 3 heteroatoms. The van der Waals surface area contributed by atoms with Crippen molar-refractivity contribution < 1.29 is 0 Å². The van der Waals surface area contributed by atoms with Crippen LogP contribution in [0, 0.1) is 18.3 Å². The number of nitrogens with zero attached hydrogens (tertiary/aromatic N) is 3. The lowest BCUT2D eigenvalue weighted by Gasteiger charge is -2.36. The van der Waals surface area contributed by atoms with Crippen LogP contribution in [0.1, 0.15) is 36.4 Å². The van der Waals surface area contributed by atoms with Crippen LogP contribution in [0.3, 0.4) is 0 Å². The lowest BCUT2D eigenvalue weighted by Crippen LogP contribution is -2.39. The molecule has 1 atom stereocenters. The van der Waals surface area contributed by atoms with Gasteiger partial charge in [-0.2, -0.15) is 5.26 Å². The van der Waals surface area contributed by atoms with Gasteiger partial charge in [-0.3, -0.25) is 4.98 Å². The Morgan fingerprint density at radius 3 is 2.94 bits per heavy atom. The Labute approximate surface area is 95.7 Å². The van der Waals surface area contributed by atoms with Gasteiger partial charge in [0.1, 0.15) is 0 Å². The van der Waals surface area contributed by atoms with E-state index in [1.165, 1.54) is 24.9 Å². The van der Waals surface area contributed by atoms with E-state index in [-0.39, 0.29) is 5.92 Å². The second-order valence-electron chi connectivity index (χ2n) is 4.80. The Morgan fingerprint density at radius 1 is 1.50 bits per heavy atom. The minimum atomic E-state index is 0.0173. The quantitative estimate of drug-likeness (QED) is 0.719. The monoisotopic (exact) mass is 213 g/mol. The molecule has 1 aromatic rings. The Kier molecular flexibility index (Phi) is 2.10. The van der Waals surface area contributed by atoms with Crippen LogP contribution >= 0.6 is 0 Å². The van der Waals surface area contributed by atoms with Gasteiger partial charge in [0.25, 0.3) is 0 Å². The van der Waals surface area contributed by atoms with Gasteiger partial charge in [0.15, 0.2) is 0 Å². The van der Waals surface area contributed by atoms with Gasteiger partial charge in [-0.05, 0) is 32.3 Å². The van der Waals surface area contributed by atoms with Crippen molar-refractivity contribution in [2.24, 2.45) is 0 Å². The van der Waals surface area contributed by atoms with Crippen molar-refractivity contribution in [1.29, 1.82) is 5.26 Å². The molecular formula is C13H15N3. The molecule has 0 spiro atoms. The second kappa shape index (κ2) is 3.48. The molecule has 2 heterocycles. The van der Waals surface area contributed by atoms with E-state index in [1.54, 1.807) is 0 Å². The molecule has 82 valence electrons. The molecule has 1 saturated carbocycles. The molecule has 0 aromatic carbocycles. The van der Waals surface area contributed by atoms with Crippen molar-refractivity contribution >= 4 is 5.69 Å². The summed E-state index contributed by atoms with van der Waals surface area (Å²) in [5.41, 5.74) is 3.42. The van der Waals surface area contributed by atoms with E-state index in [2.05, 4.69) is 22.0 Å². The molecule has 3 nitrogen and oxygen atoms in total. The van der Waals surface area contributed by atoms with Crippen LogP contribution in [0.25, 0.3) is 0 Å². The number of anilines is 1. The summed E-state index contributed by atoms with van der Waals surface area (Å²) >= 11 is 0. The molecule has 2 aliphatic rings. The normalized spacial score (nSPS) is 23.8. The first-order valence-electron chi connectivity index (χ1n) is 5.92. The summed E-state index contributed by atoms with van der Waals surface area (Å²) in [6.45, 7) is 2.88. The fourth-order valence-corrected chi connectivity index (χ4v) is 2.62. The van der Waals surface area contributed by atoms with Crippen LogP contribution in [0.15, 0.2) is 12.3 Å². The third kappa shape index (κ3) is 1.30. The molecule has 0 saturated heterocycles. The van der Waals surface area contributed by atoms with Crippen molar-refractivity contribution in [1.82, 2.24) is 4.98 Å². The number of rotatable bonds is 1. The van der Waals surface area contributed by atoms with Crippen molar-refractivity contribution in [2.75, 3.05) is 11.4 Å². The zero-order valence-corrected chi connectivity index (χ0v) is 9.48. The summed E-state index contributed by atoms with van der Waals surface area (Å²) in [6.07, 6.45) is 5.77. The first kappa shape index (κ1) is 9.65. The van der Waals surface area contributed by atoms with E-state index in [1.807, 2.05) is 13.1 Å². The first-order chi connectivity index (χ1) is 7.79. The molecule has 0 radical (unpaired) electrons. The number of pyridine rings is 1. The van der Waals surface area contributed by atoms with Crippen LogP contribution < -0.4 is 4.90 Å². The Bertz CT molecular complexity index is 457. The van der Waals surface area contributed by atoms with Crippen molar-refractivity contribution in [2.45, 2.75) is 38.1 Å². The minimum absolute atomic E-state index is 0.0173. The van der Waals surface area contributed by atoms with Crippen LogP contribution in [0.4, 0.5) is 5.69 Å². The molecule has 16 heavy (non-hydrogen) atoms. The van der Waals surface area contributed by atoms with Gasteiger partial charge in [-0.1, -0.05) is 0 Å². The van der Waals surface area contributed by atoms with E-state index in [4.69, 9.17) is 5.26 Å². The molecule has 1 fully saturated rings. The van der Waals surface area contributed by atoms with Gasteiger partial charge >= 0.3 is 0 Å². The fraction of sp³-hybridized carbons (Fsp3) is 0.538. The highest BCUT2D eigenvalue weighted by molar-refractivity contribution is 5.62. The highest BCUT2D eigenvalue weighted by atomic mass is 15.2. The minimum Gasteiger partial charge on any atom is -0.367 e. The molecule has 1 unspecified atom stereocenters. The average molecular weight is 213 g/mol. The highest BCUT2D eigenvalue weighted by Gasteiger charge is 2.35.